The van der Waals surface area contributed by atoms with Gasteiger partial charge in [0.05, 0.1) is 19.3 Å². The van der Waals surface area contributed by atoms with Crippen molar-refractivity contribution in [1.82, 2.24) is 0 Å². The predicted octanol–water partition coefficient (Wildman–Crippen LogP) is 1.65. The molecule has 0 saturated carbocycles. The summed E-state index contributed by atoms with van der Waals surface area (Å²) in [6, 6.07) is 3.45. The average molecular weight is 263 g/mol. The van der Waals surface area contributed by atoms with Crippen molar-refractivity contribution in [2.75, 3.05) is 19.0 Å². The largest absolute Gasteiger partial charge is 0.467 e. The third-order valence-corrected chi connectivity index (χ3v) is 2.23. The van der Waals surface area contributed by atoms with Gasteiger partial charge in [-0.25, -0.2) is 4.79 Å². The van der Waals surface area contributed by atoms with Crippen LogP contribution in [-0.4, -0.2) is 30.8 Å². The molecule has 0 aliphatic heterocycles. The van der Waals surface area contributed by atoms with E-state index in [4.69, 9.17) is 5.11 Å². The van der Waals surface area contributed by atoms with Gasteiger partial charge in [0.2, 0.25) is 0 Å². The van der Waals surface area contributed by atoms with E-state index in [1.165, 1.54) is 18.2 Å². The summed E-state index contributed by atoms with van der Waals surface area (Å²) in [5.74, 6) is -0.838. The first-order valence-corrected chi connectivity index (χ1v) is 5.01. The Labute approximate surface area is 101 Å². The summed E-state index contributed by atoms with van der Waals surface area (Å²) in [6.07, 6.45) is -4.54. The van der Waals surface area contributed by atoms with Crippen LogP contribution in [0.5, 0.6) is 0 Å². The Kier molecular flexibility index (Phi) is 4.55. The molecule has 0 aromatic heterocycles. The van der Waals surface area contributed by atoms with E-state index in [9.17, 15) is 18.0 Å². The van der Waals surface area contributed by atoms with E-state index >= 15 is 0 Å². The minimum absolute atomic E-state index is 0.283. The van der Waals surface area contributed by atoms with E-state index in [0.29, 0.717) is 0 Å². The molecule has 0 bridgehead atoms. The van der Waals surface area contributed by atoms with Crippen molar-refractivity contribution < 1.29 is 27.8 Å². The molecule has 0 heterocycles. The lowest BCUT2D eigenvalue weighted by Crippen LogP contribution is -2.34. The lowest BCUT2D eigenvalue weighted by atomic mass is 10.1. The number of carbonyl (C=O) groups is 1. The molecule has 0 amide bonds. The summed E-state index contributed by atoms with van der Waals surface area (Å²) in [4.78, 5) is 11.2. The molecule has 7 heteroatoms. The minimum atomic E-state index is -4.54. The SMILES string of the molecule is COC(=O)C(CO)Nc1ccccc1C(F)(F)F. The third kappa shape index (κ3) is 3.36. The fourth-order valence-electron chi connectivity index (χ4n) is 1.37. The molecule has 1 aromatic carbocycles. The van der Waals surface area contributed by atoms with Crippen LogP contribution in [0.2, 0.25) is 0 Å². The van der Waals surface area contributed by atoms with Crippen LogP contribution in [-0.2, 0) is 15.7 Å². The summed E-state index contributed by atoms with van der Waals surface area (Å²) >= 11 is 0. The van der Waals surface area contributed by atoms with Crippen LogP contribution in [0.3, 0.4) is 0 Å². The summed E-state index contributed by atoms with van der Waals surface area (Å²) < 4.78 is 42.4. The number of anilines is 1. The molecule has 1 unspecified atom stereocenters. The molecule has 0 saturated heterocycles. The van der Waals surface area contributed by atoms with Crippen LogP contribution in [0.4, 0.5) is 18.9 Å². The Bertz CT molecular complexity index is 420. The number of methoxy groups -OCH3 is 1. The molecule has 4 nitrogen and oxygen atoms in total. The van der Waals surface area contributed by atoms with Gasteiger partial charge in [-0.2, -0.15) is 13.2 Å². The van der Waals surface area contributed by atoms with Gasteiger partial charge in [0, 0.05) is 5.69 Å². The maximum Gasteiger partial charge on any atom is 0.418 e. The highest BCUT2D eigenvalue weighted by molar-refractivity contribution is 5.79. The molecule has 100 valence electrons. The van der Waals surface area contributed by atoms with Crippen molar-refractivity contribution in [1.29, 1.82) is 0 Å². The van der Waals surface area contributed by atoms with Crippen molar-refractivity contribution in [3.63, 3.8) is 0 Å². The van der Waals surface area contributed by atoms with Crippen LogP contribution in [0.25, 0.3) is 0 Å². The normalized spacial score (nSPS) is 12.9. The lowest BCUT2D eigenvalue weighted by molar-refractivity contribution is -0.143. The van der Waals surface area contributed by atoms with E-state index < -0.39 is 30.4 Å². The van der Waals surface area contributed by atoms with Gasteiger partial charge in [0.1, 0.15) is 6.04 Å². The zero-order valence-electron chi connectivity index (χ0n) is 9.49. The molecule has 0 spiro atoms. The molecule has 1 rings (SSSR count). The monoisotopic (exact) mass is 263 g/mol. The van der Waals surface area contributed by atoms with Crippen molar-refractivity contribution >= 4 is 11.7 Å². The molecule has 1 aromatic rings. The van der Waals surface area contributed by atoms with Crippen molar-refractivity contribution in [3.05, 3.63) is 29.8 Å². The summed E-state index contributed by atoms with van der Waals surface area (Å²) in [5, 5.41) is 11.2. The predicted molar refractivity (Wildman–Crippen MR) is 58.0 cm³/mol. The molecular formula is C11H12F3NO3. The fourth-order valence-corrected chi connectivity index (χ4v) is 1.37. The van der Waals surface area contributed by atoms with Gasteiger partial charge in [-0.3, -0.25) is 0 Å². The number of alkyl halides is 3. The summed E-state index contributed by atoms with van der Waals surface area (Å²) in [7, 11) is 1.09. The van der Waals surface area contributed by atoms with Gasteiger partial charge in [0.15, 0.2) is 0 Å². The van der Waals surface area contributed by atoms with Gasteiger partial charge in [-0.05, 0) is 12.1 Å². The number of rotatable bonds is 4. The fraction of sp³-hybridized carbons (Fsp3) is 0.364. The lowest BCUT2D eigenvalue weighted by Gasteiger charge is -2.18. The van der Waals surface area contributed by atoms with Crippen LogP contribution in [0.15, 0.2) is 24.3 Å². The second-order valence-corrected chi connectivity index (χ2v) is 3.45. The second kappa shape index (κ2) is 5.72. The highest BCUT2D eigenvalue weighted by atomic mass is 19.4. The third-order valence-electron chi connectivity index (χ3n) is 2.23. The van der Waals surface area contributed by atoms with Gasteiger partial charge in [0.25, 0.3) is 0 Å². The molecule has 0 radical (unpaired) electrons. The van der Waals surface area contributed by atoms with Gasteiger partial charge in [-0.1, -0.05) is 12.1 Å². The number of aliphatic hydroxyl groups is 1. The average Bonchev–Trinajstić information content (AvgIpc) is 2.34. The highest BCUT2D eigenvalue weighted by Crippen LogP contribution is 2.34. The van der Waals surface area contributed by atoms with E-state index in [-0.39, 0.29) is 5.69 Å². The van der Waals surface area contributed by atoms with E-state index in [1.54, 1.807) is 0 Å². The van der Waals surface area contributed by atoms with Gasteiger partial charge < -0.3 is 15.2 Å². The smallest absolute Gasteiger partial charge is 0.418 e. The molecule has 18 heavy (non-hydrogen) atoms. The van der Waals surface area contributed by atoms with Crippen molar-refractivity contribution in [2.24, 2.45) is 0 Å². The first-order chi connectivity index (χ1) is 8.40. The number of aliphatic hydroxyl groups excluding tert-OH is 1. The van der Waals surface area contributed by atoms with Crippen LogP contribution in [0.1, 0.15) is 5.56 Å². The minimum Gasteiger partial charge on any atom is -0.467 e. The van der Waals surface area contributed by atoms with Crippen molar-refractivity contribution in [2.45, 2.75) is 12.2 Å². The molecular weight excluding hydrogens is 251 g/mol. The maximum absolute atomic E-state index is 12.7. The summed E-state index contributed by atoms with van der Waals surface area (Å²) in [5.41, 5.74) is -1.19. The first kappa shape index (κ1) is 14.3. The Morgan fingerprint density at radius 2 is 2.06 bits per heavy atom. The first-order valence-electron chi connectivity index (χ1n) is 5.01. The standard InChI is InChI=1S/C11H12F3NO3/c1-18-10(17)9(6-16)15-8-5-3-2-4-7(8)11(12,13)14/h2-5,9,15-16H,6H2,1H3. The Morgan fingerprint density at radius 3 is 2.56 bits per heavy atom. The number of halogens is 3. The topological polar surface area (TPSA) is 58.6 Å². The number of hydrogen-bond acceptors (Lipinski definition) is 4. The Balaban J connectivity index is 3.00. The number of ether oxygens (including phenoxy) is 1. The molecule has 2 N–H and O–H groups in total. The number of esters is 1. The zero-order valence-corrected chi connectivity index (χ0v) is 9.49. The van der Waals surface area contributed by atoms with Gasteiger partial charge >= 0.3 is 12.1 Å². The number of carbonyl (C=O) groups excluding carboxylic acids is 1. The molecule has 0 aliphatic carbocycles. The molecule has 0 aliphatic rings. The highest BCUT2D eigenvalue weighted by Gasteiger charge is 2.34. The number of hydrogen-bond donors (Lipinski definition) is 2. The Morgan fingerprint density at radius 1 is 1.44 bits per heavy atom. The summed E-state index contributed by atoms with van der Waals surface area (Å²) in [6.45, 7) is -0.668. The second-order valence-electron chi connectivity index (χ2n) is 3.45. The van der Waals surface area contributed by atoms with E-state index in [2.05, 4.69) is 10.1 Å². The van der Waals surface area contributed by atoms with E-state index in [1.807, 2.05) is 0 Å². The van der Waals surface area contributed by atoms with Crippen LogP contribution < -0.4 is 5.32 Å². The van der Waals surface area contributed by atoms with Gasteiger partial charge in [-0.15, -0.1) is 0 Å². The maximum atomic E-state index is 12.7. The molecule has 0 fully saturated rings. The van der Waals surface area contributed by atoms with E-state index in [0.717, 1.165) is 13.2 Å². The van der Waals surface area contributed by atoms with Crippen molar-refractivity contribution in [3.8, 4) is 0 Å². The quantitative estimate of drug-likeness (QED) is 0.811. The zero-order chi connectivity index (χ0) is 13.8. The molecule has 1 atom stereocenters. The van der Waals surface area contributed by atoms with Crippen LogP contribution in [0, 0.1) is 0 Å². The Hall–Kier alpha value is -1.76. The number of nitrogens with one attached hydrogen (secondary N) is 1. The van der Waals surface area contributed by atoms with Crippen LogP contribution >= 0.6 is 0 Å². The number of para-hydroxylation sites is 1. The number of benzene rings is 1.